The van der Waals surface area contributed by atoms with Gasteiger partial charge >= 0.3 is 11.9 Å². The molecule has 13 heteroatoms. The molecule has 0 fully saturated rings. The van der Waals surface area contributed by atoms with Gasteiger partial charge in [-0.15, -0.1) is 0 Å². The van der Waals surface area contributed by atoms with Crippen LogP contribution < -0.4 is 16.0 Å². The van der Waals surface area contributed by atoms with Gasteiger partial charge in [0.15, 0.2) is 5.82 Å². The standard InChI is InChI=1S/C31H31N5O8/c1-19(37)35-17-22-16-24(33-27(18-36(43)44)32-23-5-3-2-4-6-23)12-13-25(22)29(35)30(40)34-26(31(41)42)15-21-9-7-20(8-10-21)11-14-28(38)39/h2-10,12-13,16,18,26,29,32-33H,11,14-15,17H2,1H3,(H,34,40)(H,38,39)(H,41,42)/b27-18+. The summed E-state index contributed by atoms with van der Waals surface area (Å²) < 4.78 is 0. The summed E-state index contributed by atoms with van der Waals surface area (Å²) >= 11 is 0. The van der Waals surface area contributed by atoms with Gasteiger partial charge in [-0.2, -0.15) is 0 Å². The van der Waals surface area contributed by atoms with Crippen LogP contribution in [-0.2, 0) is 38.6 Å². The minimum Gasteiger partial charge on any atom is -0.481 e. The first-order chi connectivity index (χ1) is 21.0. The molecule has 2 atom stereocenters. The number of nitrogens with zero attached hydrogens (tertiary/aromatic N) is 2. The molecule has 44 heavy (non-hydrogen) atoms. The highest BCUT2D eigenvalue weighted by atomic mass is 16.6. The lowest BCUT2D eigenvalue weighted by Crippen LogP contribution is -2.47. The number of anilines is 2. The van der Waals surface area contributed by atoms with E-state index in [-0.39, 0.29) is 31.1 Å². The predicted octanol–water partition coefficient (Wildman–Crippen LogP) is 3.52. The Morgan fingerprint density at radius 1 is 0.977 bits per heavy atom. The molecule has 1 heterocycles. The molecule has 1 aliphatic heterocycles. The summed E-state index contributed by atoms with van der Waals surface area (Å²) in [4.78, 5) is 60.9. The molecule has 228 valence electrons. The lowest BCUT2D eigenvalue weighted by Gasteiger charge is -2.25. The second-order valence-corrected chi connectivity index (χ2v) is 10.2. The van der Waals surface area contributed by atoms with Crippen LogP contribution in [0.15, 0.2) is 84.8 Å². The average Bonchev–Trinajstić information content (AvgIpc) is 3.36. The van der Waals surface area contributed by atoms with Crippen molar-refractivity contribution in [1.29, 1.82) is 0 Å². The van der Waals surface area contributed by atoms with Gasteiger partial charge in [-0.3, -0.25) is 24.5 Å². The molecule has 4 rings (SSSR count). The van der Waals surface area contributed by atoms with E-state index in [9.17, 15) is 34.4 Å². The molecule has 3 aromatic carbocycles. The Morgan fingerprint density at radius 3 is 2.25 bits per heavy atom. The monoisotopic (exact) mass is 601 g/mol. The molecule has 2 unspecified atom stereocenters. The first kappa shape index (κ1) is 31.2. The molecule has 2 amide bonds. The maximum atomic E-state index is 13.5. The Morgan fingerprint density at radius 2 is 1.64 bits per heavy atom. The molecule has 0 aromatic heterocycles. The topological polar surface area (TPSA) is 191 Å². The highest BCUT2D eigenvalue weighted by Crippen LogP contribution is 2.36. The van der Waals surface area contributed by atoms with E-state index >= 15 is 0 Å². The van der Waals surface area contributed by atoms with Crippen LogP contribution in [0.4, 0.5) is 11.4 Å². The average molecular weight is 602 g/mol. The summed E-state index contributed by atoms with van der Waals surface area (Å²) in [5, 5.41) is 38.4. The van der Waals surface area contributed by atoms with E-state index in [1.165, 1.54) is 11.8 Å². The zero-order chi connectivity index (χ0) is 31.8. The van der Waals surface area contributed by atoms with Crippen molar-refractivity contribution in [2.75, 3.05) is 10.6 Å². The van der Waals surface area contributed by atoms with Gasteiger partial charge in [-0.05, 0) is 52.9 Å². The second-order valence-electron chi connectivity index (χ2n) is 10.2. The summed E-state index contributed by atoms with van der Waals surface area (Å²) in [6.07, 6.45) is 1.07. The molecule has 0 saturated carbocycles. The van der Waals surface area contributed by atoms with Gasteiger partial charge in [-0.25, -0.2) is 4.79 Å². The van der Waals surface area contributed by atoms with E-state index in [0.29, 0.717) is 34.5 Å². The largest absolute Gasteiger partial charge is 0.481 e. The van der Waals surface area contributed by atoms with E-state index in [1.807, 2.05) is 6.07 Å². The summed E-state index contributed by atoms with van der Waals surface area (Å²) in [6.45, 7) is 1.39. The lowest BCUT2D eigenvalue weighted by atomic mass is 10.0. The zero-order valence-electron chi connectivity index (χ0n) is 23.7. The molecule has 0 aliphatic carbocycles. The molecular weight excluding hydrogens is 570 g/mol. The molecular formula is C31H31N5O8. The number of carbonyl (C=O) groups is 4. The van der Waals surface area contributed by atoms with E-state index in [4.69, 9.17) is 5.11 Å². The van der Waals surface area contributed by atoms with Crippen LogP contribution >= 0.6 is 0 Å². The number of benzene rings is 3. The summed E-state index contributed by atoms with van der Waals surface area (Å²) in [5.74, 6) is -3.13. The minimum absolute atomic E-state index is 0.0250. The Bertz CT molecular complexity index is 1590. The molecule has 1 aliphatic rings. The van der Waals surface area contributed by atoms with Crippen LogP contribution in [0.1, 0.15) is 41.6 Å². The zero-order valence-corrected chi connectivity index (χ0v) is 23.7. The Hall–Kier alpha value is -5.72. The third kappa shape index (κ3) is 8.18. The Labute approximate surface area is 252 Å². The van der Waals surface area contributed by atoms with Gasteiger partial charge in [0.05, 0.1) is 4.92 Å². The fourth-order valence-electron chi connectivity index (χ4n) is 4.92. The second kappa shape index (κ2) is 14.0. The van der Waals surface area contributed by atoms with Crippen molar-refractivity contribution in [3.8, 4) is 0 Å². The van der Waals surface area contributed by atoms with E-state index in [2.05, 4.69) is 16.0 Å². The van der Waals surface area contributed by atoms with Crippen molar-refractivity contribution in [2.45, 2.75) is 44.8 Å². The van der Waals surface area contributed by atoms with Crippen LogP contribution in [-0.4, -0.2) is 49.8 Å². The van der Waals surface area contributed by atoms with Crippen LogP contribution in [0.25, 0.3) is 0 Å². The maximum absolute atomic E-state index is 13.5. The molecule has 13 nitrogen and oxygen atoms in total. The molecule has 3 aromatic rings. The van der Waals surface area contributed by atoms with E-state index < -0.39 is 34.9 Å². The first-order valence-electron chi connectivity index (χ1n) is 13.7. The van der Waals surface area contributed by atoms with Crippen LogP contribution in [0, 0.1) is 10.1 Å². The van der Waals surface area contributed by atoms with Crippen LogP contribution in [0.5, 0.6) is 0 Å². The number of nitro groups is 1. The number of para-hydroxylation sites is 1. The third-order valence-corrected chi connectivity index (χ3v) is 7.01. The number of amides is 2. The van der Waals surface area contributed by atoms with Gasteiger partial charge in [-0.1, -0.05) is 48.5 Å². The van der Waals surface area contributed by atoms with Crippen molar-refractivity contribution < 1.29 is 34.3 Å². The maximum Gasteiger partial charge on any atom is 0.326 e. The van der Waals surface area contributed by atoms with Crippen molar-refractivity contribution in [2.24, 2.45) is 0 Å². The first-order valence-corrected chi connectivity index (χ1v) is 13.7. The normalized spacial score (nSPS) is 14.7. The number of rotatable bonds is 13. The highest BCUT2D eigenvalue weighted by Gasteiger charge is 2.38. The molecule has 0 bridgehead atoms. The Kier molecular flexibility index (Phi) is 9.91. The molecule has 5 N–H and O–H groups in total. The fraction of sp³-hybridized carbons (Fsp3) is 0.226. The summed E-state index contributed by atoms with van der Waals surface area (Å²) in [6, 6.07) is 18.2. The van der Waals surface area contributed by atoms with Crippen LogP contribution in [0.3, 0.4) is 0 Å². The highest BCUT2D eigenvalue weighted by molar-refractivity contribution is 5.92. The van der Waals surface area contributed by atoms with Crippen molar-refractivity contribution >= 4 is 35.1 Å². The molecule has 0 saturated heterocycles. The van der Waals surface area contributed by atoms with Gasteiger partial charge < -0.3 is 31.1 Å². The number of fused-ring (bicyclic) bond motifs is 1. The minimum atomic E-state index is -1.29. The number of nitrogens with one attached hydrogen (secondary N) is 3. The summed E-state index contributed by atoms with van der Waals surface area (Å²) in [7, 11) is 0. The number of carbonyl (C=O) groups excluding carboxylic acids is 2. The quantitative estimate of drug-likeness (QED) is 0.143. The SMILES string of the molecule is CC(=O)N1Cc2cc(N/C(=C/[N+](=O)[O-])Nc3ccccc3)ccc2C1C(=O)NC(Cc1ccc(CCC(=O)O)cc1)C(=O)O. The van der Waals surface area contributed by atoms with E-state index in [1.54, 1.807) is 66.7 Å². The number of hydrogen-bond donors (Lipinski definition) is 5. The van der Waals surface area contributed by atoms with Gasteiger partial charge in [0.2, 0.25) is 11.8 Å². The fourth-order valence-corrected chi connectivity index (χ4v) is 4.92. The van der Waals surface area contributed by atoms with Gasteiger partial charge in [0, 0.05) is 37.7 Å². The van der Waals surface area contributed by atoms with Crippen molar-refractivity contribution in [3.05, 3.63) is 117 Å². The number of carboxylic acids is 2. The van der Waals surface area contributed by atoms with Crippen molar-refractivity contribution in [1.82, 2.24) is 10.2 Å². The van der Waals surface area contributed by atoms with Crippen LogP contribution in [0.2, 0.25) is 0 Å². The number of aliphatic carboxylic acids is 2. The molecule has 0 spiro atoms. The third-order valence-electron chi connectivity index (χ3n) is 7.01. The number of carboxylic acid groups (broad SMARTS) is 2. The van der Waals surface area contributed by atoms with Gasteiger partial charge in [0.25, 0.3) is 6.20 Å². The van der Waals surface area contributed by atoms with Crippen molar-refractivity contribution in [3.63, 3.8) is 0 Å². The smallest absolute Gasteiger partial charge is 0.326 e. The van der Waals surface area contributed by atoms with Gasteiger partial charge in [0.1, 0.15) is 12.1 Å². The number of hydrogen-bond acceptors (Lipinski definition) is 8. The Balaban J connectivity index is 1.51. The lowest BCUT2D eigenvalue weighted by molar-refractivity contribution is -0.403. The summed E-state index contributed by atoms with van der Waals surface area (Å²) in [5.41, 5.74) is 3.64. The number of aryl methyl sites for hydroxylation is 1. The molecule has 0 radical (unpaired) electrons. The predicted molar refractivity (Wildman–Crippen MR) is 160 cm³/mol. The van der Waals surface area contributed by atoms with E-state index in [0.717, 1.165) is 11.8 Å².